The second-order valence-corrected chi connectivity index (χ2v) is 2.94. The van der Waals surface area contributed by atoms with Crippen molar-refractivity contribution >= 4 is 5.91 Å². The fourth-order valence-electron chi connectivity index (χ4n) is 0.957. The highest BCUT2D eigenvalue weighted by atomic mass is 16.5. The number of carbonyl (C=O) groups is 1. The average molecular weight is 188 g/mol. The number of nitrogens with one attached hydrogen (secondary N) is 1. The molecule has 4 heteroatoms. The average Bonchev–Trinajstić information content (AvgIpc) is 2.14. The van der Waals surface area contributed by atoms with E-state index in [0.717, 1.165) is 32.4 Å². The Hall–Kier alpha value is -0.610. The van der Waals surface area contributed by atoms with Gasteiger partial charge in [0.1, 0.15) is 0 Å². The molecule has 0 aromatic carbocycles. The van der Waals surface area contributed by atoms with Crippen LogP contribution in [-0.4, -0.2) is 32.7 Å². The molecule has 0 aromatic rings. The normalized spacial score (nSPS) is 10.0. The van der Waals surface area contributed by atoms with Crippen molar-refractivity contribution in [3.8, 4) is 0 Å². The van der Waals surface area contributed by atoms with Crippen molar-refractivity contribution in [2.45, 2.75) is 25.7 Å². The fourth-order valence-corrected chi connectivity index (χ4v) is 0.957. The van der Waals surface area contributed by atoms with Crippen LogP contribution in [0.3, 0.4) is 0 Å². The van der Waals surface area contributed by atoms with E-state index in [1.807, 2.05) is 0 Å². The van der Waals surface area contributed by atoms with E-state index in [9.17, 15) is 4.79 Å². The van der Waals surface area contributed by atoms with Gasteiger partial charge >= 0.3 is 0 Å². The molecular formula is C9H20N2O2. The number of nitrogens with two attached hydrogens (primary N) is 1. The largest absolute Gasteiger partial charge is 0.384 e. The second-order valence-electron chi connectivity index (χ2n) is 2.94. The minimum Gasteiger partial charge on any atom is -0.384 e. The second kappa shape index (κ2) is 9.48. The van der Waals surface area contributed by atoms with E-state index < -0.39 is 0 Å². The molecule has 0 atom stereocenters. The van der Waals surface area contributed by atoms with Gasteiger partial charge in [0.25, 0.3) is 0 Å². The third kappa shape index (κ3) is 9.30. The number of methoxy groups -OCH3 is 1. The van der Waals surface area contributed by atoms with Crippen LogP contribution in [0.5, 0.6) is 0 Å². The van der Waals surface area contributed by atoms with Gasteiger partial charge in [-0.1, -0.05) is 6.42 Å². The summed E-state index contributed by atoms with van der Waals surface area (Å²) in [5, 5.41) is 2.82. The summed E-state index contributed by atoms with van der Waals surface area (Å²) < 4.78 is 4.78. The van der Waals surface area contributed by atoms with Crippen LogP contribution in [0.25, 0.3) is 0 Å². The van der Waals surface area contributed by atoms with Gasteiger partial charge in [-0.3, -0.25) is 4.79 Å². The van der Waals surface area contributed by atoms with Crippen LogP contribution in [0.15, 0.2) is 0 Å². The lowest BCUT2D eigenvalue weighted by Crippen LogP contribution is -2.25. The highest BCUT2D eigenvalue weighted by molar-refractivity contribution is 5.75. The molecule has 78 valence electrons. The number of unbranched alkanes of at least 4 members (excludes halogenated alkanes) is 2. The Morgan fingerprint density at radius 1 is 1.38 bits per heavy atom. The summed E-state index contributed by atoms with van der Waals surface area (Å²) in [6, 6.07) is 0. The molecule has 0 saturated carbocycles. The molecule has 0 aliphatic heterocycles. The quantitative estimate of drug-likeness (QED) is 0.537. The van der Waals surface area contributed by atoms with E-state index in [1.165, 1.54) is 0 Å². The van der Waals surface area contributed by atoms with Gasteiger partial charge in [0.15, 0.2) is 0 Å². The zero-order valence-corrected chi connectivity index (χ0v) is 8.34. The lowest BCUT2D eigenvalue weighted by molar-refractivity contribution is -0.121. The molecule has 0 aliphatic rings. The maximum atomic E-state index is 11.0. The van der Waals surface area contributed by atoms with Crippen molar-refractivity contribution in [3.63, 3.8) is 0 Å². The molecule has 0 heterocycles. The number of hydrogen-bond donors (Lipinski definition) is 2. The summed E-state index contributed by atoms with van der Waals surface area (Å²) in [6.07, 6.45) is 3.58. The number of amides is 1. The van der Waals surface area contributed by atoms with Crippen LogP contribution < -0.4 is 11.1 Å². The van der Waals surface area contributed by atoms with Crippen LogP contribution in [0.4, 0.5) is 0 Å². The van der Waals surface area contributed by atoms with Crippen molar-refractivity contribution < 1.29 is 9.53 Å². The monoisotopic (exact) mass is 188 g/mol. The van der Waals surface area contributed by atoms with Crippen molar-refractivity contribution in [1.29, 1.82) is 0 Å². The highest BCUT2D eigenvalue weighted by Crippen LogP contribution is 1.91. The maximum absolute atomic E-state index is 11.0. The zero-order chi connectivity index (χ0) is 9.94. The summed E-state index contributed by atoms with van der Waals surface area (Å²) >= 11 is 0. The predicted octanol–water partition coefficient (Wildman–Crippen LogP) is 0.268. The predicted molar refractivity (Wildman–Crippen MR) is 52.4 cm³/mol. The van der Waals surface area contributed by atoms with Crippen molar-refractivity contribution in [2.24, 2.45) is 5.73 Å². The molecule has 0 saturated heterocycles. The molecule has 13 heavy (non-hydrogen) atoms. The van der Waals surface area contributed by atoms with Gasteiger partial charge in [-0.15, -0.1) is 0 Å². The molecule has 0 bridgehead atoms. The summed E-state index contributed by atoms with van der Waals surface area (Å²) in [5.74, 6) is 0.0644. The summed E-state index contributed by atoms with van der Waals surface area (Å²) in [6.45, 7) is 1.98. The van der Waals surface area contributed by atoms with Crippen LogP contribution in [0.2, 0.25) is 0 Å². The van der Waals surface area contributed by atoms with Gasteiger partial charge in [-0.05, 0) is 19.4 Å². The number of ether oxygens (including phenoxy) is 1. The summed E-state index contributed by atoms with van der Waals surface area (Å²) in [5.41, 5.74) is 5.33. The van der Waals surface area contributed by atoms with Crippen molar-refractivity contribution in [2.75, 3.05) is 26.8 Å². The first-order chi connectivity index (χ1) is 6.31. The van der Waals surface area contributed by atoms with Crippen LogP contribution in [-0.2, 0) is 9.53 Å². The summed E-state index contributed by atoms with van der Waals surface area (Å²) in [7, 11) is 1.59. The minimum absolute atomic E-state index is 0.0644. The molecule has 3 N–H and O–H groups in total. The molecule has 0 aromatic heterocycles. The first-order valence-corrected chi connectivity index (χ1v) is 4.77. The first kappa shape index (κ1) is 12.4. The van der Waals surface area contributed by atoms with Gasteiger partial charge in [-0.2, -0.15) is 0 Å². The van der Waals surface area contributed by atoms with E-state index >= 15 is 0 Å². The molecule has 1 amide bonds. The number of hydrogen-bond acceptors (Lipinski definition) is 3. The topological polar surface area (TPSA) is 64.3 Å². The van der Waals surface area contributed by atoms with Crippen molar-refractivity contribution in [1.82, 2.24) is 5.32 Å². The number of rotatable bonds is 8. The fraction of sp³-hybridized carbons (Fsp3) is 0.889. The van der Waals surface area contributed by atoms with Gasteiger partial charge < -0.3 is 15.8 Å². The smallest absolute Gasteiger partial charge is 0.222 e. The van der Waals surface area contributed by atoms with Gasteiger partial charge in [0, 0.05) is 20.1 Å². The van der Waals surface area contributed by atoms with Crippen LogP contribution in [0.1, 0.15) is 25.7 Å². The van der Waals surface area contributed by atoms with Crippen LogP contribution >= 0.6 is 0 Å². The molecule has 0 unspecified atom stereocenters. The third-order valence-corrected chi connectivity index (χ3v) is 1.74. The molecule has 0 fully saturated rings. The number of carbonyl (C=O) groups excluding carboxylic acids is 1. The molecule has 0 radical (unpaired) electrons. The van der Waals surface area contributed by atoms with Gasteiger partial charge in [0.2, 0.25) is 5.91 Å². The molecule has 0 spiro atoms. The molecule has 0 rings (SSSR count). The SMILES string of the molecule is COCCC(=O)NCCCCCN. The van der Waals surface area contributed by atoms with E-state index in [-0.39, 0.29) is 5.91 Å². The van der Waals surface area contributed by atoms with E-state index in [2.05, 4.69) is 5.32 Å². The highest BCUT2D eigenvalue weighted by Gasteiger charge is 1.98. The third-order valence-electron chi connectivity index (χ3n) is 1.74. The molecule has 4 nitrogen and oxygen atoms in total. The van der Waals surface area contributed by atoms with Gasteiger partial charge in [-0.25, -0.2) is 0 Å². The van der Waals surface area contributed by atoms with Crippen molar-refractivity contribution in [3.05, 3.63) is 0 Å². The Kier molecular flexibility index (Phi) is 9.03. The standard InChI is InChI=1S/C9H20N2O2/c1-13-8-5-9(12)11-7-4-2-3-6-10/h2-8,10H2,1H3,(H,11,12). The van der Waals surface area contributed by atoms with E-state index in [1.54, 1.807) is 7.11 Å². The lowest BCUT2D eigenvalue weighted by atomic mass is 10.2. The Bertz CT molecular complexity index is 129. The lowest BCUT2D eigenvalue weighted by Gasteiger charge is -2.03. The Labute approximate surface area is 79.8 Å². The first-order valence-electron chi connectivity index (χ1n) is 4.77. The Balaban J connectivity index is 3.08. The Morgan fingerprint density at radius 3 is 2.77 bits per heavy atom. The van der Waals surface area contributed by atoms with Gasteiger partial charge in [0.05, 0.1) is 6.61 Å². The zero-order valence-electron chi connectivity index (χ0n) is 8.34. The molecule has 0 aliphatic carbocycles. The maximum Gasteiger partial charge on any atom is 0.222 e. The van der Waals surface area contributed by atoms with Crippen LogP contribution in [0, 0.1) is 0 Å². The van der Waals surface area contributed by atoms with E-state index in [0.29, 0.717) is 13.0 Å². The minimum atomic E-state index is 0.0644. The Morgan fingerprint density at radius 2 is 2.15 bits per heavy atom. The van der Waals surface area contributed by atoms with E-state index in [4.69, 9.17) is 10.5 Å². The summed E-state index contributed by atoms with van der Waals surface area (Å²) in [4.78, 5) is 11.0. The molecular weight excluding hydrogens is 168 g/mol.